The molecular formula is C18H14FNOS2. The molecule has 1 saturated heterocycles. The van der Waals surface area contributed by atoms with Gasteiger partial charge >= 0.3 is 0 Å². The molecule has 0 spiro atoms. The molecule has 1 amide bonds. The average molecular weight is 343 g/mol. The van der Waals surface area contributed by atoms with E-state index < -0.39 is 0 Å². The number of benzene rings is 2. The lowest BCUT2D eigenvalue weighted by Crippen LogP contribution is -2.28. The molecule has 0 radical (unpaired) electrons. The van der Waals surface area contributed by atoms with Gasteiger partial charge in [0.15, 0.2) is 4.32 Å². The topological polar surface area (TPSA) is 20.3 Å². The van der Waals surface area contributed by atoms with Gasteiger partial charge in [0.1, 0.15) is 5.82 Å². The first-order valence-corrected chi connectivity index (χ1v) is 8.29. The predicted molar refractivity (Wildman–Crippen MR) is 98.0 cm³/mol. The maximum Gasteiger partial charge on any atom is 0.270 e. The number of aryl methyl sites for hydroxylation is 2. The molecule has 0 N–H and O–H groups in total. The van der Waals surface area contributed by atoms with Crippen molar-refractivity contribution >= 4 is 46.0 Å². The summed E-state index contributed by atoms with van der Waals surface area (Å²) in [5, 5.41) is 0. The summed E-state index contributed by atoms with van der Waals surface area (Å²) in [5.74, 6) is -0.442. The Balaban J connectivity index is 1.97. The monoisotopic (exact) mass is 343 g/mol. The lowest BCUT2D eigenvalue weighted by Gasteiger charge is -2.17. The highest BCUT2D eigenvalue weighted by molar-refractivity contribution is 8.27. The maximum absolute atomic E-state index is 13.0. The molecule has 0 bridgehead atoms. The minimum Gasteiger partial charge on any atom is -0.268 e. The first-order valence-electron chi connectivity index (χ1n) is 7.06. The zero-order chi connectivity index (χ0) is 16.6. The molecule has 0 unspecified atom stereocenters. The van der Waals surface area contributed by atoms with Gasteiger partial charge in [-0.1, -0.05) is 48.2 Å². The van der Waals surface area contributed by atoms with Gasteiger partial charge < -0.3 is 0 Å². The summed E-state index contributed by atoms with van der Waals surface area (Å²) in [4.78, 5) is 14.8. The number of rotatable bonds is 2. The number of amides is 1. The number of hydrogen-bond donors (Lipinski definition) is 0. The molecule has 3 rings (SSSR count). The first kappa shape index (κ1) is 15.9. The summed E-state index contributed by atoms with van der Waals surface area (Å²) in [5.41, 5.74) is 3.65. The van der Waals surface area contributed by atoms with Crippen molar-refractivity contribution in [3.05, 3.63) is 69.9 Å². The van der Waals surface area contributed by atoms with E-state index in [1.165, 1.54) is 23.9 Å². The molecule has 1 fully saturated rings. The van der Waals surface area contributed by atoms with E-state index in [1.54, 1.807) is 23.1 Å². The number of nitrogens with zero attached hydrogens (tertiary/aromatic N) is 1. The number of carbonyl (C=O) groups is 1. The maximum atomic E-state index is 13.0. The normalized spacial score (nSPS) is 16.5. The minimum atomic E-state index is -0.301. The van der Waals surface area contributed by atoms with E-state index in [4.69, 9.17) is 12.2 Å². The van der Waals surface area contributed by atoms with Crippen LogP contribution in [0.3, 0.4) is 0 Å². The molecule has 5 heteroatoms. The van der Waals surface area contributed by atoms with Crippen LogP contribution in [0.4, 0.5) is 10.1 Å². The van der Waals surface area contributed by atoms with Gasteiger partial charge in [0, 0.05) is 0 Å². The molecule has 1 heterocycles. The zero-order valence-corrected chi connectivity index (χ0v) is 14.3. The van der Waals surface area contributed by atoms with Crippen molar-refractivity contribution in [2.75, 3.05) is 4.90 Å². The molecule has 2 aromatic rings. The van der Waals surface area contributed by atoms with E-state index in [9.17, 15) is 9.18 Å². The van der Waals surface area contributed by atoms with Crippen LogP contribution in [0.15, 0.2) is 47.4 Å². The highest BCUT2D eigenvalue weighted by Gasteiger charge is 2.34. The van der Waals surface area contributed by atoms with E-state index in [0.29, 0.717) is 9.23 Å². The Hall–Kier alpha value is -1.98. The molecular weight excluding hydrogens is 329 g/mol. The second-order valence-corrected chi connectivity index (χ2v) is 7.03. The van der Waals surface area contributed by atoms with Gasteiger partial charge in [-0.05, 0) is 54.8 Å². The highest BCUT2D eigenvalue weighted by Crippen LogP contribution is 2.37. The molecule has 2 aromatic carbocycles. The summed E-state index contributed by atoms with van der Waals surface area (Å²) >= 11 is 6.65. The summed E-state index contributed by atoms with van der Waals surface area (Å²) in [6.07, 6.45) is 1.74. The van der Waals surface area contributed by atoms with Crippen molar-refractivity contribution in [1.29, 1.82) is 0 Å². The fraction of sp³-hybridized carbons (Fsp3) is 0.111. The highest BCUT2D eigenvalue weighted by atomic mass is 32.2. The summed E-state index contributed by atoms with van der Waals surface area (Å²) < 4.78 is 13.5. The van der Waals surface area contributed by atoms with Crippen molar-refractivity contribution in [1.82, 2.24) is 0 Å². The smallest absolute Gasteiger partial charge is 0.268 e. The SMILES string of the molecule is Cc1ccc(C)c(N2C(=O)/C(=C/c3ccc(F)cc3)SC2=S)c1. The standard InChI is InChI=1S/C18H14FNOS2/c1-11-3-4-12(2)15(9-11)20-17(21)16(23-18(20)22)10-13-5-7-14(19)8-6-13/h3-10H,1-2H3/b16-10-. The lowest BCUT2D eigenvalue weighted by atomic mass is 10.1. The average Bonchev–Trinajstić information content (AvgIpc) is 2.78. The van der Waals surface area contributed by atoms with Gasteiger partial charge in [0.25, 0.3) is 5.91 Å². The Morgan fingerprint density at radius 2 is 1.83 bits per heavy atom. The Kier molecular flexibility index (Phi) is 4.33. The molecule has 0 saturated carbocycles. The fourth-order valence-electron chi connectivity index (χ4n) is 2.35. The second-order valence-electron chi connectivity index (χ2n) is 5.36. The third-order valence-corrected chi connectivity index (χ3v) is 4.87. The van der Waals surface area contributed by atoms with Crippen LogP contribution >= 0.6 is 24.0 Å². The van der Waals surface area contributed by atoms with Gasteiger partial charge in [0.2, 0.25) is 0 Å². The van der Waals surface area contributed by atoms with Crippen molar-refractivity contribution in [2.24, 2.45) is 0 Å². The van der Waals surface area contributed by atoms with Crippen LogP contribution in [0.5, 0.6) is 0 Å². The minimum absolute atomic E-state index is 0.141. The van der Waals surface area contributed by atoms with Gasteiger partial charge in [-0.25, -0.2) is 4.39 Å². The van der Waals surface area contributed by atoms with E-state index in [0.717, 1.165) is 22.4 Å². The number of thioether (sulfide) groups is 1. The molecule has 1 aliphatic heterocycles. The number of carbonyl (C=O) groups excluding carboxylic acids is 1. The van der Waals surface area contributed by atoms with Gasteiger partial charge in [-0.15, -0.1) is 0 Å². The van der Waals surface area contributed by atoms with Crippen LogP contribution in [-0.4, -0.2) is 10.2 Å². The van der Waals surface area contributed by atoms with Crippen LogP contribution in [0, 0.1) is 19.7 Å². The molecule has 0 aromatic heterocycles. The summed E-state index contributed by atoms with van der Waals surface area (Å²) in [6, 6.07) is 12.0. The van der Waals surface area contributed by atoms with Crippen LogP contribution in [0.25, 0.3) is 6.08 Å². The molecule has 23 heavy (non-hydrogen) atoms. The number of anilines is 1. The Labute approximate surface area is 144 Å². The van der Waals surface area contributed by atoms with Crippen molar-refractivity contribution in [3.63, 3.8) is 0 Å². The zero-order valence-electron chi connectivity index (χ0n) is 12.7. The van der Waals surface area contributed by atoms with E-state index >= 15 is 0 Å². The largest absolute Gasteiger partial charge is 0.270 e. The molecule has 2 nitrogen and oxygen atoms in total. The van der Waals surface area contributed by atoms with Crippen molar-refractivity contribution < 1.29 is 9.18 Å². The van der Waals surface area contributed by atoms with E-state index in [2.05, 4.69) is 0 Å². The Bertz CT molecular complexity index is 827. The van der Waals surface area contributed by atoms with Crippen LogP contribution < -0.4 is 4.90 Å². The number of hydrogen-bond acceptors (Lipinski definition) is 3. The molecule has 0 aliphatic carbocycles. The van der Waals surface area contributed by atoms with Crippen LogP contribution in [-0.2, 0) is 4.79 Å². The molecule has 1 aliphatic rings. The van der Waals surface area contributed by atoms with Gasteiger partial charge in [-0.2, -0.15) is 0 Å². The van der Waals surface area contributed by atoms with Crippen molar-refractivity contribution in [2.45, 2.75) is 13.8 Å². The predicted octanol–water partition coefficient (Wildman–Crippen LogP) is 4.85. The van der Waals surface area contributed by atoms with Gasteiger partial charge in [0.05, 0.1) is 10.6 Å². The first-order chi connectivity index (χ1) is 11.0. The van der Waals surface area contributed by atoms with Crippen LogP contribution in [0.2, 0.25) is 0 Å². The molecule has 116 valence electrons. The summed E-state index contributed by atoms with van der Waals surface area (Å²) in [6.45, 7) is 3.94. The van der Waals surface area contributed by atoms with Gasteiger partial charge in [-0.3, -0.25) is 9.69 Å². The Morgan fingerprint density at radius 3 is 2.52 bits per heavy atom. The quantitative estimate of drug-likeness (QED) is 0.574. The third kappa shape index (κ3) is 3.21. The Morgan fingerprint density at radius 1 is 1.13 bits per heavy atom. The second kappa shape index (κ2) is 6.26. The number of thiocarbonyl (C=S) groups is 1. The van der Waals surface area contributed by atoms with Crippen molar-refractivity contribution in [3.8, 4) is 0 Å². The van der Waals surface area contributed by atoms with E-state index in [1.807, 2.05) is 32.0 Å². The van der Waals surface area contributed by atoms with E-state index in [-0.39, 0.29) is 11.7 Å². The third-order valence-electron chi connectivity index (χ3n) is 3.57. The van der Waals surface area contributed by atoms with Crippen LogP contribution in [0.1, 0.15) is 16.7 Å². The fourth-order valence-corrected chi connectivity index (χ4v) is 3.63. The molecule has 0 atom stereocenters. The number of halogens is 1. The summed E-state index contributed by atoms with van der Waals surface area (Å²) in [7, 11) is 0. The lowest BCUT2D eigenvalue weighted by molar-refractivity contribution is -0.113.